The molecule has 1 amide bonds. The van der Waals surface area contributed by atoms with Crippen LogP contribution < -0.4 is 5.32 Å². The van der Waals surface area contributed by atoms with Crippen molar-refractivity contribution in [3.05, 3.63) is 28.2 Å². The molecule has 3 aliphatic rings. The van der Waals surface area contributed by atoms with Crippen LogP contribution in [0.5, 0.6) is 0 Å². The van der Waals surface area contributed by atoms with Crippen LogP contribution in [-0.2, 0) is 23.9 Å². The van der Waals surface area contributed by atoms with Crippen LogP contribution in [0.3, 0.4) is 0 Å². The fraction of sp³-hybridized carbons (Fsp3) is 0.500. The molecule has 4 rings (SSSR count). The molecule has 1 aromatic carbocycles. The van der Waals surface area contributed by atoms with Crippen molar-refractivity contribution in [1.29, 1.82) is 0 Å². The molecule has 1 aliphatic heterocycles. The van der Waals surface area contributed by atoms with Crippen LogP contribution >= 0.6 is 31.9 Å². The van der Waals surface area contributed by atoms with Gasteiger partial charge in [-0.05, 0) is 43.0 Å². The number of anilines is 1. The lowest BCUT2D eigenvalue weighted by molar-refractivity contribution is -0.157. The normalized spacial score (nSPS) is 33.9. The van der Waals surface area contributed by atoms with Crippen LogP contribution in [0.2, 0.25) is 0 Å². The van der Waals surface area contributed by atoms with Crippen LogP contribution in [0.1, 0.15) is 12.0 Å². The molecule has 1 aromatic rings. The summed E-state index contributed by atoms with van der Waals surface area (Å²) in [7, 11) is 0. The molecule has 6 nitrogen and oxygen atoms in total. The molecule has 1 N–H and O–H groups in total. The van der Waals surface area contributed by atoms with Crippen LogP contribution in [0, 0.1) is 30.6 Å². The standard InChI is InChI=1S/C18H17Br2NO5/c1-7-4-8(19)2-3-11(7)21-12(22)6-25-17(23)13-9-5-10-14(13)18(24)26-16(10)15(9)20/h2-4,9-10,13-16H,5-6H2,1H3,(H,21,22)/t9-,10-,13-,14+,15-,16+/m1/s1. The largest absolute Gasteiger partial charge is 0.461 e. The third kappa shape index (κ3) is 2.87. The first-order valence-corrected chi connectivity index (χ1v) is 10.1. The van der Waals surface area contributed by atoms with E-state index in [0.29, 0.717) is 5.69 Å². The predicted molar refractivity (Wildman–Crippen MR) is 99.6 cm³/mol. The summed E-state index contributed by atoms with van der Waals surface area (Å²) in [5.41, 5.74) is 1.56. The summed E-state index contributed by atoms with van der Waals surface area (Å²) in [6.07, 6.45) is 0.645. The summed E-state index contributed by atoms with van der Waals surface area (Å²) in [5.74, 6) is -2.08. The maximum absolute atomic E-state index is 12.5. The van der Waals surface area contributed by atoms with Gasteiger partial charge in [0.05, 0.1) is 16.7 Å². The summed E-state index contributed by atoms with van der Waals surface area (Å²) in [6.45, 7) is 1.50. The van der Waals surface area contributed by atoms with Crippen LogP contribution in [0.4, 0.5) is 5.69 Å². The van der Waals surface area contributed by atoms with Gasteiger partial charge in [0.15, 0.2) is 6.61 Å². The highest BCUT2D eigenvalue weighted by Gasteiger charge is 2.68. The maximum atomic E-state index is 12.5. The minimum absolute atomic E-state index is 0.0192. The Kier molecular flexibility index (Phi) is 4.59. The second-order valence-electron chi connectivity index (χ2n) is 7.08. The number of hydrogen-bond donors (Lipinski definition) is 1. The molecular weight excluding hydrogens is 470 g/mol. The minimum Gasteiger partial charge on any atom is -0.461 e. The van der Waals surface area contributed by atoms with Crippen molar-refractivity contribution in [2.24, 2.45) is 23.7 Å². The lowest BCUT2D eigenvalue weighted by Crippen LogP contribution is -2.39. The predicted octanol–water partition coefficient (Wildman–Crippen LogP) is 2.81. The first kappa shape index (κ1) is 18.0. The summed E-state index contributed by atoms with van der Waals surface area (Å²) >= 11 is 6.92. The molecule has 26 heavy (non-hydrogen) atoms. The van der Waals surface area contributed by atoms with Crippen LogP contribution in [0.25, 0.3) is 0 Å². The molecule has 3 fully saturated rings. The Morgan fingerprint density at radius 1 is 1.35 bits per heavy atom. The zero-order valence-corrected chi connectivity index (χ0v) is 17.1. The molecule has 1 heterocycles. The second kappa shape index (κ2) is 6.64. The summed E-state index contributed by atoms with van der Waals surface area (Å²) in [4.78, 5) is 36.7. The Morgan fingerprint density at radius 3 is 2.85 bits per heavy atom. The quantitative estimate of drug-likeness (QED) is 0.522. The molecule has 2 aliphatic carbocycles. The third-order valence-electron chi connectivity index (χ3n) is 5.60. The molecule has 6 atom stereocenters. The number of nitrogens with one attached hydrogen (secondary N) is 1. The lowest BCUT2D eigenvalue weighted by atomic mass is 9.80. The fourth-order valence-electron chi connectivity index (χ4n) is 4.48. The molecule has 0 spiro atoms. The maximum Gasteiger partial charge on any atom is 0.310 e. The van der Waals surface area contributed by atoms with E-state index in [-0.39, 0.29) is 35.3 Å². The van der Waals surface area contributed by atoms with Gasteiger partial charge in [-0.2, -0.15) is 0 Å². The van der Waals surface area contributed by atoms with Gasteiger partial charge < -0.3 is 14.8 Å². The zero-order valence-electron chi connectivity index (χ0n) is 13.9. The van der Waals surface area contributed by atoms with Gasteiger partial charge in [0.25, 0.3) is 5.91 Å². The van der Waals surface area contributed by atoms with E-state index in [1.54, 1.807) is 6.07 Å². The molecule has 2 saturated carbocycles. The first-order valence-electron chi connectivity index (χ1n) is 8.44. The highest BCUT2D eigenvalue weighted by molar-refractivity contribution is 9.10. The zero-order chi connectivity index (χ0) is 18.6. The van der Waals surface area contributed by atoms with Crippen molar-refractivity contribution in [1.82, 2.24) is 0 Å². The van der Waals surface area contributed by atoms with Crippen LogP contribution in [-0.4, -0.2) is 35.4 Å². The smallest absolute Gasteiger partial charge is 0.310 e. The number of alkyl halides is 1. The molecule has 0 unspecified atom stereocenters. The van der Waals surface area contributed by atoms with Gasteiger partial charge in [0, 0.05) is 16.1 Å². The van der Waals surface area contributed by atoms with Gasteiger partial charge in [-0.25, -0.2) is 0 Å². The van der Waals surface area contributed by atoms with Gasteiger partial charge in [-0.1, -0.05) is 31.9 Å². The monoisotopic (exact) mass is 485 g/mol. The molecule has 138 valence electrons. The van der Waals surface area contributed by atoms with E-state index in [4.69, 9.17) is 9.47 Å². The van der Waals surface area contributed by atoms with Crippen molar-refractivity contribution in [3.63, 3.8) is 0 Å². The van der Waals surface area contributed by atoms with Crippen LogP contribution in [0.15, 0.2) is 22.7 Å². The number of carbonyl (C=O) groups is 3. The van der Waals surface area contributed by atoms with Crippen molar-refractivity contribution in [2.75, 3.05) is 11.9 Å². The van der Waals surface area contributed by atoms with Crippen molar-refractivity contribution in [3.8, 4) is 0 Å². The number of aryl methyl sites for hydroxylation is 1. The van der Waals surface area contributed by atoms with Gasteiger partial charge in [-0.15, -0.1) is 0 Å². The van der Waals surface area contributed by atoms with E-state index >= 15 is 0 Å². The molecular formula is C18H17Br2NO5. The Bertz CT molecular complexity index is 798. The van der Waals surface area contributed by atoms with Crippen molar-refractivity contribution in [2.45, 2.75) is 24.3 Å². The van der Waals surface area contributed by atoms with Crippen molar-refractivity contribution >= 4 is 55.4 Å². The van der Waals surface area contributed by atoms with E-state index in [9.17, 15) is 14.4 Å². The minimum atomic E-state index is -0.530. The SMILES string of the molecule is Cc1cc(Br)ccc1NC(=O)COC(=O)[C@@H]1[C@H]2C[C@H]3[C@H](OC(=O)[C@@H]31)[C@@H]2Br. The lowest BCUT2D eigenvalue weighted by Gasteiger charge is -2.26. The van der Waals surface area contributed by atoms with Gasteiger partial charge in [0.2, 0.25) is 0 Å². The Labute approximate surface area is 167 Å². The van der Waals surface area contributed by atoms with Gasteiger partial charge in [-0.3, -0.25) is 14.4 Å². The van der Waals surface area contributed by atoms with E-state index in [0.717, 1.165) is 16.5 Å². The summed E-state index contributed by atoms with van der Waals surface area (Å²) in [6, 6.07) is 5.48. The molecule has 0 aromatic heterocycles. The highest BCUT2D eigenvalue weighted by Crippen LogP contribution is 2.60. The Hall–Kier alpha value is -1.41. The van der Waals surface area contributed by atoms with E-state index < -0.39 is 23.7 Å². The Balaban J connectivity index is 1.37. The second-order valence-corrected chi connectivity index (χ2v) is 9.05. The number of esters is 2. The average Bonchev–Trinajstić information content (AvgIpc) is 3.19. The number of ether oxygens (including phenoxy) is 2. The number of amides is 1. The molecule has 2 bridgehead atoms. The molecule has 1 saturated heterocycles. The molecule has 0 radical (unpaired) electrons. The van der Waals surface area contributed by atoms with E-state index in [1.165, 1.54) is 0 Å². The number of halogens is 2. The first-order chi connectivity index (χ1) is 12.4. The summed E-state index contributed by atoms with van der Waals surface area (Å²) in [5, 5.41) is 2.73. The van der Waals surface area contributed by atoms with E-state index in [1.807, 2.05) is 19.1 Å². The third-order valence-corrected chi connectivity index (χ3v) is 7.30. The summed E-state index contributed by atoms with van der Waals surface area (Å²) < 4.78 is 11.5. The average molecular weight is 487 g/mol. The highest BCUT2D eigenvalue weighted by atomic mass is 79.9. The Morgan fingerprint density at radius 2 is 2.12 bits per heavy atom. The van der Waals surface area contributed by atoms with Gasteiger partial charge >= 0.3 is 11.9 Å². The van der Waals surface area contributed by atoms with Gasteiger partial charge in [0.1, 0.15) is 6.10 Å². The number of fused-ring (bicyclic) bond motifs is 1. The number of hydrogen-bond acceptors (Lipinski definition) is 5. The fourth-order valence-corrected chi connectivity index (χ4v) is 6.00. The van der Waals surface area contributed by atoms with E-state index in [2.05, 4.69) is 37.2 Å². The molecule has 8 heteroatoms. The topological polar surface area (TPSA) is 81.7 Å². The van der Waals surface area contributed by atoms with Crippen molar-refractivity contribution < 1.29 is 23.9 Å². The number of benzene rings is 1. The number of rotatable bonds is 4. The number of carbonyl (C=O) groups excluding carboxylic acids is 3.